The SMILES string of the molecule is CC(C)CC(Br)CNC(=O)C1CCC(C(C)(C)C)CC1. The van der Waals surface area contributed by atoms with Crippen molar-refractivity contribution in [1.29, 1.82) is 0 Å². The molecule has 0 aliphatic heterocycles. The fourth-order valence-electron chi connectivity index (χ4n) is 3.17. The Morgan fingerprint density at radius 2 is 1.75 bits per heavy atom. The van der Waals surface area contributed by atoms with Crippen LogP contribution in [0.4, 0.5) is 0 Å². The number of carbonyl (C=O) groups excluding carboxylic acids is 1. The molecule has 1 N–H and O–H groups in total. The van der Waals surface area contributed by atoms with Gasteiger partial charge < -0.3 is 5.32 Å². The molecule has 0 aromatic carbocycles. The van der Waals surface area contributed by atoms with Crippen LogP contribution in [-0.4, -0.2) is 17.3 Å². The van der Waals surface area contributed by atoms with Crippen molar-refractivity contribution in [1.82, 2.24) is 5.32 Å². The van der Waals surface area contributed by atoms with Crippen molar-refractivity contribution < 1.29 is 4.79 Å². The van der Waals surface area contributed by atoms with Gasteiger partial charge in [0.1, 0.15) is 0 Å². The molecule has 2 nitrogen and oxygen atoms in total. The molecule has 3 heteroatoms. The Kier molecular flexibility index (Phi) is 7.03. The van der Waals surface area contributed by atoms with Gasteiger partial charge in [-0.1, -0.05) is 50.5 Å². The first-order chi connectivity index (χ1) is 9.20. The maximum absolute atomic E-state index is 12.2. The second-order valence-corrected chi connectivity index (χ2v) is 9.18. The van der Waals surface area contributed by atoms with Crippen molar-refractivity contribution in [3.8, 4) is 0 Å². The summed E-state index contributed by atoms with van der Waals surface area (Å²) in [6, 6.07) is 0. The predicted molar refractivity (Wildman–Crippen MR) is 90.1 cm³/mol. The molecule has 1 aliphatic carbocycles. The lowest BCUT2D eigenvalue weighted by Crippen LogP contribution is -2.37. The summed E-state index contributed by atoms with van der Waals surface area (Å²) >= 11 is 3.65. The molecule has 1 fully saturated rings. The van der Waals surface area contributed by atoms with Gasteiger partial charge in [0.05, 0.1) is 0 Å². The Balaban J connectivity index is 2.29. The maximum Gasteiger partial charge on any atom is 0.223 e. The highest BCUT2D eigenvalue weighted by Gasteiger charge is 2.32. The third kappa shape index (κ3) is 6.15. The minimum Gasteiger partial charge on any atom is -0.355 e. The van der Waals surface area contributed by atoms with E-state index in [1.165, 1.54) is 12.8 Å². The van der Waals surface area contributed by atoms with Gasteiger partial charge in [-0.15, -0.1) is 0 Å². The quantitative estimate of drug-likeness (QED) is 0.714. The molecule has 1 unspecified atom stereocenters. The van der Waals surface area contributed by atoms with Crippen molar-refractivity contribution in [2.75, 3.05) is 6.54 Å². The molecule has 0 heterocycles. The van der Waals surface area contributed by atoms with Crippen LogP contribution in [0.5, 0.6) is 0 Å². The number of hydrogen-bond donors (Lipinski definition) is 1. The van der Waals surface area contributed by atoms with E-state index in [0.29, 0.717) is 16.2 Å². The first kappa shape index (κ1) is 18.0. The van der Waals surface area contributed by atoms with Crippen LogP contribution >= 0.6 is 15.9 Å². The Hall–Kier alpha value is -0.0500. The third-order valence-corrected chi connectivity index (χ3v) is 5.25. The molecule has 1 rings (SSSR count). The monoisotopic (exact) mass is 345 g/mol. The number of halogens is 1. The van der Waals surface area contributed by atoms with Crippen LogP contribution in [0.15, 0.2) is 0 Å². The van der Waals surface area contributed by atoms with Crippen LogP contribution in [0.2, 0.25) is 0 Å². The van der Waals surface area contributed by atoms with Gasteiger partial charge >= 0.3 is 0 Å². The van der Waals surface area contributed by atoms with Crippen LogP contribution < -0.4 is 5.32 Å². The van der Waals surface area contributed by atoms with E-state index >= 15 is 0 Å². The van der Waals surface area contributed by atoms with Crippen molar-refractivity contribution in [3.63, 3.8) is 0 Å². The van der Waals surface area contributed by atoms with Crippen LogP contribution in [0.1, 0.15) is 66.7 Å². The minimum atomic E-state index is 0.243. The smallest absolute Gasteiger partial charge is 0.223 e. The lowest BCUT2D eigenvalue weighted by atomic mass is 9.69. The van der Waals surface area contributed by atoms with Gasteiger partial charge in [0.2, 0.25) is 5.91 Å². The summed E-state index contributed by atoms with van der Waals surface area (Å²) in [5.74, 6) is 1.95. The summed E-state index contributed by atoms with van der Waals surface area (Å²) in [6.45, 7) is 12.1. The topological polar surface area (TPSA) is 29.1 Å². The molecule has 0 aromatic rings. The van der Waals surface area contributed by atoms with E-state index in [4.69, 9.17) is 0 Å². The molecule has 0 aromatic heterocycles. The highest BCUT2D eigenvalue weighted by atomic mass is 79.9. The van der Waals surface area contributed by atoms with E-state index in [-0.39, 0.29) is 11.8 Å². The lowest BCUT2D eigenvalue weighted by Gasteiger charge is -2.36. The summed E-state index contributed by atoms with van der Waals surface area (Å²) in [6.07, 6.45) is 5.63. The second-order valence-electron chi connectivity index (χ2n) is 7.89. The molecule has 1 saturated carbocycles. The number of carbonyl (C=O) groups is 1. The molecule has 0 spiro atoms. The summed E-state index contributed by atoms with van der Waals surface area (Å²) in [4.78, 5) is 12.6. The fraction of sp³-hybridized carbons (Fsp3) is 0.941. The number of rotatable bonds is 5. The molecule has 1 amide bonds. The van der Waals surface area contributed by atoms with E-state index in [1.54, 1.807) is 0 Å². The molecule has 0 bridgehead atoms. The molecular formula is C17H32BrNO. The van der Waals surface area contributed by atoms with Gasteiger partial charge in [-0.25, -0.2) is 0 Å². The Labute approximate surface area is 133 Å². The normalized spacial score (nSPS) is 25.6. The van der Waals surface area contributed by atoms with Gasteiger partial charge in [0.15, 0.2) is 0 Å². The Morgan fingerprint density at radius 1 is 1.20 bits per heavy atom. The maximum atomic E-state index is 12.2. The zero-order valence-electron chi connectivity index (χ0n) is 13.8. The zero-order valence-corrected chi connectivity index (χ0v) is 15.4. The van der Waals surface area contributed by atoms with E-state index < -0.39 is 0 Å². The zero-order chi connectivity index (χ0) is 15.3. The summed E-state index contributed by atoms with van der Waals surface area (Å²) in [5, 5.41) is 3.13. The van der Waals surface area contributed by atoms with Gasteiger partial charge in [-0.05, 0) is 49.4 Å². The number of alkyl halides is 1. The highest BCUT2D eigenvalue weighted by Crippen LogP contribution is 2.39. The fourth-order valence-corrected chi connectivity index (χ4v) is 4.08. The Bertz CT molecular complexity index is 301. The minimum absolute atomic E-state index is 0.243. The summed E-state index contributed by atoms with van der Waals surface area (Å²) in [7, 11) is 0. The number of amides is 1. The summed E-state index contributed by atoms with van der Waals surface area (Å²) < 4.78 is 0. The van der Waals surface area contributed by atoms with Gasteiger partial charge in [0, 0.05) is 17.3 Å². The van der Waals surface area contributed by atoms with Crippen LogP contribution in [0.25, 0.3) is 0 Å². The first-order valence-corrected chi connectivity index (χ1v) is 9.03. The highest BCUT2D eigenvalue weighted by molar-refractivity contribution is 9.09. The van der Waals surface area contributed by atoms with E-state index in [9.17, 15) is 4.79 Å². The summed E-state index contributed by atoms with van der Waals surface area (Å²) in [5.41, 5.74) is 0.389. The third-order valence-electron chi connectivity index (χ3n) is 4.55. The van der Waals surface area contributed by atoms with E-state index in [2.05, 4.69) is 55.9 Å². The van der Waals surface area contributed by atoms with Gasteiger partial charge in [-0.2, -0.15) is 0 Å². The van der Waals surface area contributed by atoms with Crippen molar-refractivity contribution in [2.45, 2.75) is 71.5 Å². The van der Waals surface area contributed by atoms with Crippen molar-refractivity contribution in [3.05, 3.63) is 0 Å². The van der Waals surface area contributed by atoms with Gasteiger partial charge in [0.25, 0.3) is 0 Å². The van der Waals surface area contributed by atoms with Crippen molar-refractivity contribution in [2.24, 2.45) is 23.2 Å². The number of nitrogens with one attached hydrogen (secondary N) is 1. The molecule has 118 valence electrons. The van der Waals surface area contributed by atoms with Crippen LogP contribution in [0.3, 0.4) is 0 Å². The van der Waals surface area contributed by atoms with Crippen LogP contribution in [-0.2, 0) is 4.79 Å². The average Bonchev–Trinajstić information content (AvgIpc) is 2.34. The van der Waals surface area contributed by atoms with E-state index in [0.717, 1.165) is 31.7 Å². The van der Waals surface area contributed by atoms with Crippen molar-refractivity contribution >= 4 is 21.8 Å². The molecule has 0 radical (unpaired) electrons. The van der Waals surface area contributed by atoms with Gasteiger partial charge in [-0.3, -0.25) is 4.79 Å². The largest absolute Gasteiger partial charge is 0.355 e. The molecule has 20 heavy (non-hydrogen) atoms. The Morgan fingerprint density at radius 3 is 2.20 bits per heavy atom. The van der Waals surface area contributed by atoms with Crippen LogP contribution in [0, 0.1) is 23.2 Å². The molecule has 1 aliphatic rings. The lowest BCUT2D eigenvalue weighted by molar-refractivity contribution is -0.126. The molecule has 0 saturated heterocycles. The van der Waals surface area contributed by atoms with E-state index in [1.807, 2.05) is 0 Å². The average molecular weight is 346 g/mol. The predicted octanol–water partition coefficient (Wildman–Crippen LogP) is 4.76. The first-order valence-electron chi connectivity index (χ1n) is 8.12. The standard InChI is InChI=1S/C17H32BrNO/c1-12(2)10-15(18)11-19-16(20)13-6-8-14(9-7-13)17(3,4)5/h12-15H,6-11H2,1-5H3,(H,19,20). The molecule has 1 atom stereocenters. The molecular weight excluding hydrogens is 314 g/mol. The number of hydrogen-bond acceptors (Lipinski definition) is 1. The second kappa shape index (κ2) is 7.82.